The molecule has 1 aliphatic rings. The average Bonchev–Trinajstić information content (AvgIpc) is 3.04. The fourth-order valence-electron chi connectivity index (χ4n) is 3.31. The Balaban J connectivity index is 1.88. The van der Waals surface area contributed by atoms with Gasteiger partial charge in [-0.25, -0.2) is 4.79 Å². The Kier molecular flexibility index (Phi) is 4.74. The maximum atomic E-state index is 11.2. The Morgan fingerprint density at radius 1 is 1.21 bits per heavy atom. The molecule has 0 aliphatic carbocycles. The van der Waals surface area contributed by atoms with E-state index in [4.69, 9.17) is 4.74 Å². The van der Waals surface area contributed by atoms with Crippen LogP contribution in [-0.4, -0.2) is 23.7 Å². The highest BCUT2D eigenvalue weighted by molar-refractivity contribution is 5.87. The fourth-order valence-corrected chi connectivity index (χ4v) is 3.31. The van der Waals surface area contributed by atoms with Gasteiger partial charge in [-0.1, -0.05) is 18.2 Å². The zero-order valence-electron chi connectivity index (χ0n) is 14.1. The number of ether oxygens (including phenoxy) is 1. The van der Waals surface area contributed by atoms with Crippen LogP contribution < -0.4 is 9.64 Å². The second-order valence-electron chi connectivity index (χ2n) is 6.45. The molecule has 0 spiro atoms. The van der Waals surface area contributed by atoms with Gasteiger partial charge in [-0.15, -0.1) is 0 Å². The van der Waals surface area contributed by atoms with Gasteiger partial charge in [0.2, 0.25) is 0 Å². The van der Waals surface area contributed by atoms with Gasteiger partial charge >= 0.3 is 5.97 Å². The summed E-state index contributed by atoms with van der Waals surface area (Å²) in [7, 11) is 0. The van der Waals surface area contributed by atoms with Crippen molar-refractivity contribution in [3.05, 3.63) is 59.7 Å². The summed E-state index contributed by atoms with van der Waals surface area (Å²) in [5.41, 5.74) is 2.52. The molecule has 1 heterocycles. The van der Waals surface area contributed by atoms with Gasteiger partial charge in [-0.2, -0.15) is 0 Å². The van der Waals surface area contributed by atoms with E-state index in [1.54, 1.807) is 12.1 Å². The summed E-state index contributed by atoms with van der Waals surface area (Å²) in [5, 5.41) is 9.23. The van der Waals surface area contributed by atoms with Crippen LogP contribution in [0.25, 0.3) is 0 Å². The van der Waals surface area contributed by atoms with E-state index in [0.717, 1.165) is 36.4 Å². The van der Waals surface area contributed by atoms with Crippen LogP contribution in [0.15, 0.2) is 48.5 Å². The van der Waals surface area contributed by atoms with Crippen molar-refractivity contribution in [2.75, 3.05) is 11.4 Å². The van der Waals surface area contributed by atoms with E-state index < -0.39 is 5.97 Å². The van der Waals surface area contributed by atoms with Crippen LogP contribution in [0.4, 0.5) is 5.69 Å². The number of carbonyl (C=O) groups is 1. The molecule has 2 aromatic carbocycles. The van der Waals surface area contributed by atoms with Gasteiger partial charge < -0.3 is 14.7 Å². The molecule has 1 saturated heterocycles. The summed E-state index contributed by atoms with van der Waals surface area (Å²) in [4.78, 5) is 13.6. The van der Waals surface area contributed by atoms with E-state index in [1.807, 2.05) is 38.1 Å². The quantitative estimate of drug-likeness (QED) is 0.878. The second-order valence-corrected chi connectivity index (χ2v) is 6.45. The first kappa shape index (κ1) is 16.4. The lowest BCUT2D eigenvalue weighted by Gasteiger charge is -2.28. The maximum absolute atomic E-state index is 11.2. The van der Waals surface area contributed by atoms with Crippen LogP contribution in [0.5, 0.6) is 5.75 Å². The molecule has 1 fully saturated rings. The van der Waals surface area contributed by atoms with Crippen molar-refractivity contribution in [3.63, 3.8) is 0 Å². The third-order valence-corrected chi connectivity index (χ3v) is 4.29. The molecule has 1 aliphatic heterocycles. The van der Waals surface area contributed by atoms with Crippen molar-refractivity contribution in [1.29, 1.82) is 0 Å². The van der Waals surface area contributed by atoms with Gasteiger partial charge in [0, 0.05) is 18.3 Å². The Morgan fingerprint density at radius 3 is 2.75 bits per heavy atom. The third kappa shape index (κ3) is 3.53. The van der Waals surface area contributed by atoms with Crippen LogP contribution in [0.1, 0.15) is 48.7 Å². The van der Waals surface area contributed by atoms with E-state index in [2.05, 4.69) is 17.0 Å². The van der Waals surface area contributed by atoms with Gasteiger partial charge in [-0.3, -0.25) is 0 Å². The molecule has 1 atom stereocenters. The second kappa shape index (κ2) is 6.95. The predicted molar refractivity (Wildman–Crippen MR) is 94.9 cm³/mol. The van der Waals surface area contributed by atoms with E-state index in [9.17, 15) is 9.90 Å². The average molecular weight is 325 g/mol. The minimum absolute atomic E-state index is 0.141. The summed E-state index contributed by atoms with van der Waals surface area (Å²) in [6, 6.07) is 15.6. The van der Waals surface area contributed by atoms with Crippen molar-refractivity contribution >= 4 is 11.7 Å². The molecule has 0 saturated carbocycles. The molecule has 4 nitrogen and oxygen atoms in total. The first-order valence-corrected chi connectivity index (χ1v) is 8.41. The number of hydrogen-bond acceptors (Lipinski definition) is 3. The molecule has 24 heavy (non-hydrogen) atoms. The van der Waals surface area contributed by atoms with Gasteiger partial charge in [0.05, 0.1) is 17.7 Å². The Labute approximate surface area is 142 Å². The first-order valence-electron chi connectivity index (χ1n) is 8.41. The molecule has 0 radical (unpaired) electrons. The number of benzene rings is 2. The number of anilines is 1. The highest BCUT2D eigenvalue weighted by Crippen LogP contribution is 2.37. The number of rotatable bonds is 5. The Hall–Kier alpha value is -2.49. The van der Waals surface area contributed by atoms with E-state index in [1.165, 1.54) is 0 Å². The maximum Gasteiger partial charge on any atom is 0.335 e. The first-order chi connectivity index (χ1) is 11.5. The van der Waals surface area contributed by atoms with E-state index in [-0.39, 0.29) is 12.1 Å². The molecular weight excluding hydrogens is 302 g/mol. The standard InChI is InChI=1S/C20H23NO3/c1-14(2)24-18-9-4-8-17(13-18)21-11-5-10-19(21)15-6-3-7-16(12-15)20(22)23/h3-4,6-9,12-14,19H,5,10-11H2,1-2H3,(H,22,23). The normalized spacial score (nSPS) is 17.3. The highest BCUT2D eigenvalue weighted by atomic mass is 16.5. The van der Waals surface area contributed by atoms with Crippen molar-refractivity contribution < 1.29 is 14.6 Å². The molecule has 0 amide bonds. The smallest absolute Gasteiger partial charge is 0.335 e. The zero-order valence-corrected chi connectivity index (χ0v) is 14.1. The lowest BCUT2D eigenvalue weighted by Crippen LogP contribution is -2.22. The molecule has 3 rings (SSSR count). The third-order valence-electron chi connectivity index (χ3n) is 4.29. The van der Waals surface area contributed by atoms with Crippen LogP contribution in [0, 0.1) is 0 Å². The van der Waals surface area contributed by atoms with Gasteiger partial charge in [0.15, 0.2) is 0 Å². The number of carboxylic acids is 1. The minimum atomic E-state index is -0.881. The molecule has 0 aromatic heterocycles. The number of nitrogens with zero attached hydrogens (tertiary/aromatic N) is 1. The zero-order chi connectivity index (χ0) is 17.1. The minimum Gasteiger partial charge on any atom is -0.491 e. The predicted octanol–water partition coefficient (Wildman–Crippen LogP) is 4.51. The molecule has 0 bridgehead atoms. The van der Waals surface area contributed by atoms with Gasteiger partial charge in [0.1, 0.15) is 5.75 Å². The summed E-state index contributed by atoms with van der Waals surface area (Å²) in [6.07, 6.45) is 2.26. The Bertz CT molecular complexity index is 726. The lowest BCUT2D eigenvalue weighted by molar-refractivity contribution is 0.0696. The van der Waals surface area contributed by atoms with Crippen molar-refractivity contribution in [2.24, 2.45) is 0 Å². The Morgan fingerprint density at radius 2 is 2.00 bits per heavy atom. The lowest BCUT2D eigenvalue weighted by atomic mass is 10.0. The fraction of sp³-hybridized carbons (Fsp3) is 0.350. The van der Waals surface area contributed by atoms with Crippen molar-refractivity contribution in [3.8, 4) is 5.75 Å². The van der Waals surface area contributed by atoms with Gasteiger partial charge in [0.25, 0.3) is 0 Å². The summed E-state index contributed by atoms with van der Waals surface area (Å²) in [6.45, 7) is 5.00. The van der Waals surface area contributed by atoms with Crippen LogP contribution in [0.3, 0.4) is 0 Å². The molecule has 1 N–H and O–H groups in total. The topological polar surface area (TPSA) is 49.8 Å². The van der Waals surface area contributed by atoms with Crippen LogP contribution >= 0.6 is 0 Å². The van der Waals surface area contributed by atoms with Gasteiger partial charge in [-0.05, 0) is 56.5 Å². The molecule has 4 heteroatoms. The molecular formula is C20H23NO3. The van der Waals surface area contributed by atoms with E-state index in [0.29, 0.717) is 5.56 Å². The summed E-state index contributed by atoms with van der Waals surface area (Å²) >= 11 is 0. The molecule has 126 valence electrons. The number of carboxylic acid groups (broad SMARTS) is 1. The van der Waals surface area contributed by atoms with Crippen molar-refractivity contribution in [2.45, 2.75) is 38.8 Å². The van der Waals surface area contributed by atoms with Crippen LogP contribution in [-0.2, 0) is 0 Å². The molecule has 2 aromatic rings. The highest BCUT2D eigenvalue weighted by Gasteiger charge is 2.27. The number of aromatic carboxylic acids is 1. The van der Waals surface area contributed by atoms with Crippen molar-refractivity contribution in [1.82, 2.24) is 0 Å². The molecule has 1 unspecified atom stereocenters. The largest absolute Gasteiger partial charge is 0.491 e. The van der Waals surface area contributed by atoms with Crippen LogP contribution in [0.2, 0.25) is 0 Å². The monoisotopic (exact) mass is 325 g/mol. The number of hydrogen-bond donors (Lipinski definition) is 1. The van der Waals surface area contributed by atoms with E-state index >= 15 is 0 Å². The summed E-state index contributed by atoms with van der Waals surface area (Å²) in [5.74, 6) is -0.0128. The summed E-state index contributed by atoms with van der Waals surface area (Å²) < 4.78 is 5.80. The SMILES string of the molecule is CC(C)Oc1cccc(N2CCCC2c2cccc(C(=O)O)c2)c1.